The first-order valence-corrected chi connectivity index (χ1v) is 7.53. The van der Waals surface area contributed by atoms with Gasteiger partial charge >= 0.3 is 0 Å². The molecule has 0 atom stereocenters. The van der Waals surface area contributed by atoms with E-state index < -0.39 is 0 Å². The molecule has 4 nitrogen and oxygen atoms in total. The van der Waals surface area contributed by atoms with Crippen LogP contribution in [-0.2, 0) is 0 Å². The Labute approximate surface area is 135 Å². The predicted octanol–water partition coefficient (Wildman–Crippen LogP) is 4.75. The third-order valence-electron chi connectivity index (χ3n) is 3.40. The van der Waals surface area contributed by atoms with Gasteiger partial charge in [0.05, 0.1) is 11.4 Å². The number of hydrogen-bond donors (Lipinski definition) is 1. The third kappa shape index (κ3) is 2.40. The average Bonchev–Trinajstić information content (AvgIpc) is 3.04. The van der Waals surface area contributed by atoms with Gasteiger partial charge in [0.15, 0.2) is 11.5 Å². The van der Waals surface area contributed by atoms with Crippen molar-refractivity contribution in [3.63, 3.8) is 0 Å². The van der Waals surface area contributed by atoms with Crippen LogP contribution in [0.4, 0.5) is 0 Å². The summed E-state index contributed by atoms with van der Waals surface area (Å²) in [7, 11) is 0. The zero-order valence-corrected chi connectivity index (χ0v) is 13.0. The fraction of sp³-hybridized carbons (Fsp3) is 0. The number of aromatic amines is 1. The van der Waals surface area contributed by atoms with E-state index in [9.17, 15) is 0 Å². The van der Waals surface area contributed by atoms with Crippen LogP contribution in [0.1, 0.15) is 0 Å². The van der Waals surface area contributed by atoms with Gasteiger partial charge in [0.2, 0.25) is 0 Å². The molecule has 0 unspecified atom stereocenters. The maximum absolute atomic E-state index is 5.45. The molecule has 0 saturated heterocycles. The summed E-state index contributed by atoms with van der Waals surface area (Å²) in [6.07, 6.45) is 3.04. The monoisotopic (exact) mass is 354 g/mol. The molecule has 0 saturated carbocycles. The minimum Gasteiger partial charge on any atom is -0.458 e. The second-order valence-electron chi connectivity index (χ2n) is 4.85. The van der Waals surface area contributed by atoms with Crippen molar-refractivity contribution in [1.29, 1.82) is 0 Å². The molecular weight excluding hydrogens is 344 g/mol. The molecule has 4 rings (SSSR count). The number of rotatable bonds is 2. The number of halogens is 1. The minimum atomic E-state index is 0.693. The van der Waals surface area contributed by atoms with Crippen LogP contribution in [0.3, 0.4) is 0 Å². The zero-order chi connectivity index (χ0) is 14.9. The van der Waals surface area contributed by atoms with E-state index in [1.165, 1.54) is 12.5 Å². The summed E-state index contributed by atoms with van der Waals surface area (Å²) in [6, 6.07) is 15.8. The van der Waals surface area contributed by atoms with Gasteiger partial charge < -0.3 is 9.47 Å². The lowest BCUT2D eigenvalue weighted by Crippen LogP contribution is -1.96. The second kappa shape index (κ2) is 5.35. The van der Waals surface area contributed by atoms with Gasteiger partial charge in [0.1, 0.15) is 12.5 Å². The quantitative estimate of drug-likeness (QED) is 0.722. The van der Waals surface area contributed by atoms with E-state index in [1.54, 1.807) is 0 Å². The van der Waals surface area contributed by atoms with E-state index in [-0.39, 0.29) is 0 Å². The van der Waals surface area contributed by atoms with E-state index in [1.807, 2.05) is 48.5 Å². The Hall–Kier alpha value is -2.53. The molecular formula is C17H11BrN2O2. The number of H-pyrrole nitrogens is 1. The Morgan fingerprint density at radius 1 is 0.864 bits per heavy atom. The maximum atomic E-state index is 5.45. The molecule has 1 aliphatic rings. The van der Waals surface area contributed by atoms with E-state index in [0.29, 0.717) is 11.5 Å². The Kier molecular flexibility index (Phi) is 3.20. The summed E-state index contributed by atoms with van der Waals surface area (Å²) in [5.74, 6) is 1.40. The van der Waals surface area contributed by atoms with Gasteiger partial charge in [-0.2, -0.15) is 5.10 Å². The number of nitrogens with zero attached hydrogens (tertiary/aromatic N) is 1. The van der Waals surface area contributed by atoms with Gasteiger partial charge in [0.25, 0.3) is 0 Å². The molecule has 2 heterocycles. The predicted molar refractivity (Wildman–Crippen MR) is 87.6 cm³/mol. The van der Waals surface area contributed by atoms with Gasteiger partial charge in [-0.1, -0.05) is 28.1 Å². The second-order valence-corrected chi connectivity index (χ2v) is 5.76. The fourth-order valence-corrected chi connectivity index (χ4v) is 2.73. The molecule has 0 amide bonds. The Balaban J connectivity index is 1.70. The highest BCUT2D eigenvalue weighted by molar-refractivity contribution is 9.10. The summed E-state index contributed by atoms with van der Waals surface area (Å²) in [4.78, 5) is 0. The summed E-state index contributed by atoms with van der Waals surface area (Å²) in [5.41, 5.74) is 3.87. The van der Waals surface area contributed by atoms with Crippen LogP contribution in [-0.4, -0.2) is 10.2 Å². The van der Waals surface area contributed by atoms with E-state index in [2.05, 4.69) is 26.1 Å². The van der Waals surface area contributed by atoms with Gasteiger partial charge in [-0.3, -0.25) is 5.10 Å². The first kappa shape index (κ1) is 13.2. The molecule has 108 valence electrons. The molecule has 0 spiro atoms. The third-order valence-corrected chi connectivity index (χ3v) is 3.89. The van der Waals surface area contributed by atoms with Crippen molar-refractivity contribution >= 4 is 15.9 Å². The van der Waals surface area contributed by atoms with E-state index in [0.717, 1.165) is 27.0 Å². The minimum absolute atomic E-state index is 0.693. The molecule has 2 aromatic carbocycles. The summed E-state index contributed by atoms with van der Waals surface area (Å²) >= 11 is 3.48. The van der Waals surface area contributed by atoms with Crippen molar-refractivity contribution in [2.45, 2.75) is 0 Å². The maximum Gasteiger partial charge on any atom is 0.169 e. The molecule has 0 aliphatic carbocycles. The van der Waals surface area contributed by atoms with Gasteiger partial charge in [-0.05, 0) is 36.4 Å². The van der Waals surface area contributed by atoms with Crippen molar-refractivity contribution < 1.29 is 9.47 Å². The van der Waals surface area contributed by atoms with Crippen LogP contribution in [0.15, 0.2) is 65.5 Å². The molecule has 22 heavy (non-hydrogen) atoms. The fourth-order valence-electron chi connectivity index (χ4n) is 2.33. The number of aromatic nitrogens is 2. The average molecular weight is 355 g/mol. The van der Waals surface area contributed by atoms with Crippen LogP contribution in [0.5, 0.6) is 11.5 Å². The number of benzene rings is 2. The Bertz CT molecular complexity index is 871. The molecule has 5 heteroatoms. The molecule has 0 bridgehead atoms. The van der Waals surface area contributed by atoms with E-state index in [4.69, 9.17) is 9.47 Å². The molecule has 3 aromatic rings. The van der Waals surface area contributed by atoms with Crippen LogP contribution in [0.2, 0.25) is 0 Å². The summed E-state index contributed by atoms with van der Waals surface area (Å²) in [6.45, 7) is 0. The normalized spacial score (nSPS) is 12.4. The number of ether oxygens (including phenoxy) is 2. The van der Waals surface area contributed by atoms with Gasteiger partial charge in [-0.25, -0.2) is 0 Å². The standard InChI is InChI=1S/C17H11BrN2O2/c18-13-3-1-2-11(8-13)14-10-15(20-19-14)12-4-5-16-17(9-12)22-7-6-21-16/h1-10H,(H,19,20). The Morgan fingerprint density at radius 3 is 2.59 bits per heavy atom. The van der Waals surface area contributed by atoms with Crippen LogP contribution >= 0.6 is 15.9 Å². The van der Waals surface area contributed by atoms with Crippen molar-refractivity contribution in [2.75, 3.05) is 0 Å². The van der Waals surface area contributed by atoms with Crippen LogP contribution in [0.25, 0.3) is 22.5 Å². The van der Waals surface area contributed by atoms with Crippen molar-refractivity contribution in [3.8, 4) is 34.0 Å². The first-order chi connectivity index (χ1) is 10.8. The number of hydrogen-bond acceptors (Lipinski definition) is 3. The molecule has 1 aliphatic heterocycles. The molecule has 0 radical (unpaired) electrons. The number of nitrogens with one attached hydrogen (secondary N) is 1. The Morgan fingerprint density at radius 2 is 1.73 bits per heavy atom. The lowest BCUT2D eigenvalue weighted by atomic mass is 10.1. The summed E-state index contributed by atoms with van der Waals surface area (Å²) < 4.78 is 11.8. The smallest absolute Gasteiger partial charge is 0.169 e. The highest BCUT2D eigenvalue weighted by Crippen LogP contribution is 2.35. The van der Waals surface area contributed by atoms with Crippen molar-refractivity contribution in [2.24, 2.45) is 0 Å². The van der Waals surface area contributed by atoms with Gasteiger partial charge in [-0.15, -0.1) is 0 Å². The highest BCUT2D eigenvalue weighted by atomic mass is 79.9. The lowest BCUT2D eigenvalue weighted by molar-refractivity contribution is 0.362. The lowest BCUT2D eigenvalue weighted by Gasteiger charge is -2.12. The number of fused-ring (bicyclic) bond motifs is 1. The van der Waals surface area contributed by atoms with Crippen LogP contribution in [0, 0.1) is 0 Å². The van der Waals surface area contributed by atoms with Crippen molar-refractivity contribution in [3.05, 3.63) is 65.5 Å². The van der Waals surface area contributed by atoms with Crippen molar-refractivity contribution in [1.82, 2.24) is 10.2 Å². The van der Waals surface area contributed by atoms with Gasteiger partial charge in [0, 0.05) is 15.6 Å². The van der Waals surface area contributed by atoms with Crippen LogP contribution < -0.4 is 9.47 Å². The molecule has 1 aromatic heterocycles. The zero-order valence-electron chi connectivity index (χ0n) is 11.4. The molecule has 1 N–H and O–H groups in total. The molecule has 0 fully saturated rings. The van der Waals surface area contributed by atoms with E-state index >= 15 is 0 Å². The highest BCUT2D eigenvalue weighted by Gasteiger charge is 2.12. The SMILES string of the molecule is Brc1cccc(-c2cc(-c3ccc4c(c3)OC=CO4)[nH]n2)c1. The first-order valence-electron chi connectivity index (χ1n) is 6.74. The topological polar surface area (TPSA) is 47.1 Å². The largest absolute Gasteiger partial charge is 0.458 e. The summed E-state index contributed by atoms with van der Waals surface area (Å²) in [5, 5.41) is 7.45.